The lowest BCUT2D eigenvalue weighted by atomic mass is 10.0. The van der Waals surface area contributed by atoms with E-state index < -0.39 is 0 Å². The molecule has 0 atom stereocenters. The highest BCUT2D eigenvalue weighted by Gasteiger charge is 2.34. The zero-order valence-electron chi connectivity index (χ0n) is 16.3. The van der Waals surface area contributed by atoms with Crippen LogP contribution in [0.1, 0.15) is 48.9 Å². The Morgan fingerprint density at radius 3 is 2.41 bits per heavy atom. The number of aryl methyl sites for hydroxylation is 3. The molecule has 0 radical (unpaired) electrons. The molecule has 2 aromatic rings. The Kier molecular flexibility index (Phi) is 6.18. The number of benzene rings is 2. The topological polar surface area (TPSA) is 20.3 Å². The highest BCUT2D eigenvalue weighted by Crippen LogP contribution is 2.39. The van der Waals surface area contributed by atoms with Gasteiger partial charge in [-0.05, 0) is 73.6 Å². The fourth-order valence-electron chi connectivity index (χ4n) is 3.12. The minimum absolute atomic E-state index is 0.0259. The average molecular weight is 396 g/mol. The highest BCUT2D eigenvalue weighted by atomic mass is 32.2. The van der Waals surface area contributed by atoms with Crippen molar-refractivity contribution in [1.29, 1.82) is 0 Å². The van der Waals surface area contributed by atoms with Crippen LogP contribution in [0.15, 0.2) is 47.4 Å². The molecule has 1 aliphatic rings. The monoisotopic (exact) mass is 395 g/mol. The quantitative estimate of drug-likeness (QED) is 0.429. The second-order valence-corrected chi connectivity index (χ2v) is 8.68. The van der Waals surface area contributed by atoms with Gasteiger partial charge in [-0.1, -0.05) is 67.7 Å². The number of hydrogen-bond acceptors (Lipinski definition) is 3. The third-order valence-corrected chi connectivity index (χ3v) is 6.54. The summed E-state index contributed by atoms with van der Waals surface area (Å²) in [5.74, 6) is -0.0259. The maximum atomic E-state index is 13.1. The van der Waals surface area contributed by atoms with Gasteiger partial charge in [-0.2, -0.15) is 0 Å². The van der Waals surface area contributed by atoms with Crippen molar-refractivity contribution in [3.8, 4) is 0 Å². The van der Waals surface area contributed by atoms with Gasteiger partial charge in [0.2, 0.25) is 0 Å². The van der Waals surface area contributed by atoms with Gasteiger partial charge in [0.25, 0.3) is 5.91 Å². The molecule has 3 rings (SSSR count). The molecular weight excluding hydrogens is 370 g/mol. The van der Waals surface area contributed by atoms with E-state index in [1.54, 1.807) is 4.90 Å². The minimum Gasteiger partial charge on any atom is -0.268 e. The molecule has 1 heterocycles. The van der Waals surface area contributed by atoms with Gasteiger partial charge in [0, 0.05) is 0 Å². The van der Waals surface area contributed by atoms with Crippen molar-refractivity contribution in [3.05, 3.63) is 69.6 Å². The molecule has 2 aromatic carbocycles. The third-order valence-electron chi connectivity index (χ3n) is 5.06. The summed E-state index contributed by atoms with van der Waals surface area (Å²) in [5.41, 5.74) is 6.69. The summed E-state index contributed by atoms with van der Waals surface area (Å²) >= 11 is 6.92. The first-order chi connectivity index (χ1) is 12.9. The van der Waals surface area contributed by atoms with Gasteiger partial charge in [0.15, 0.2) is 4.32 Å². The number of carbonyl (C=O) groups is 1. The smallest absolute Gasteiger partial charge is 0.268 e. The van der Waals surface area contributed by atoms with Crippen LogP contribution in [0, 0.1) is 13.8 Å². The van der Waals surface area contributed by atoms with Crippen molar-refractivity contribution in [2.45, 2.75) is 47.0 Å². The number of anilines is 1. The summed E-state index contributed by atoms with van der Waals surface area (Å²) in [7, 11) is 0. The molecule has 0 spiro atoms. The van der Waals surface area contributed by atoms with E-state index in [2.05, 4.69) is 51.1 Å². The predicted octanol–water partition coefficient (Wildman–Crippen LogP) is 6.44. The first-order valence-electron chi connectivity index (χ1n) is 9.36. The molecular formula is C23H25NOS2. The molecule has 1 aliphatic heterocycles. The molecule has 1 fully saturated rings. The molecule has 0 N–H and O–H groups in total. The Morgan fingerprint density at radius 2 is 1.78 bits per heavy atom. The Hall–Kier alpha value is -1.91. The van der Waals surface area contributed by atoms with E-state index in [0.717, 1.165) is 28.1 Å². The molecule has 140 valence electrons. The fraction of sp³-hybridized carbons (Fsp3) is 0.304. The molecule has 0 aliphatic carbocycles. The number of thioether (sulfide) groups is 1. The van der Waals surface area contributed by atoms with Crippen molar-refractivity contribution in [3.63, 3.8) is 0 Å². The number of hydrogen-bond donors (Lipinski definition) is 0. The minimum atomic E-state index is -0.0259. The van der Waals surface area contributed by atoms with Crippen LogP contribution in [-0.2, 0) is 11.2 Å². The van der Waals surface area contributed by atoms with Crippen LogP contribution in [0.25, 0.3) is 5.57 Å². The van der Waals surface area contributed by atoms with E-state index in [-0.39, 0.29) is 5.91 Å². The van der Waals surface area contributed by atoms with Crippen molar-refractivity contribution in [2.24, 2.45) is 0 Å². The van der Waals surface area contributed by atoms with E-state index in [0.29, 0.717) is 4.32 Å². The second-order valence-electron chi connectivity index (χ2n) is 7.03. The Balaban J connectivity index is 1.89. The van der Waals surface area contributed by atoms with E-state index in [1.165, 1.54) is 41.3 Å². The van der Waals surface area contributed by atoms with Crippen LogP contribution in [0.2, 0.25) is 0 Å². The molecule has 4 heteroatoms. The molecule has 2 nitrogen and oxygen atoms in total. The van der Waals surface area contributed by atoms with E-state index >= 15 is 0 Å². The number of nitrogens with zero attached hydrogens (tertiary/aromatic N) is 1. The van der Waals surface area contributed by atoms with Crippen LogP contribution in [-0.4, -0.2) is 10.2 Å². The molecule has 0 unspecified atom stereocenters. The van der Waals surface area contributed by atoms with Crippen molar-refractivity contribution < 1.29 is 4.79 Å². The number of thiocarbonyl (C=S) groups is 1. The summed E-state index contributed by atoms with van der Waals surface area (Å²) in [6, 6.07) is 14.5. The van der Waals surface area contributed by atoms with Gasteiger partial charge >= 0.3 is 0 Å². The molecule has 1 amide bonds. The average Bonchev–Trinajstić information content (AvgIpc) is 2.96. The van der Waals surface area contributed by atoms with Crippen LogP contribution < -0.4 is 4.90 Å². The van der Waals surface area contributed by atoms with E-state index in [9.17, 15) is 4.79 Å². The van der Waals surface area contributed by atoms with E-state index in [1.807, 2.05) is 19.1 Å². The first-order valence-corrected chi connectivity index (χ1v) is 10.6. The van der Waals surface area contributed by atoms with Crippen LogP contribution in [0.3, 0.4) is 0 Å². The number of carbonyl (C=O) groups excluding carboxylic acids is 1. The van der Waals surface area contributed by atoms with Gasteiger partial charge < -0.3 is 0 Å². The van der Waals surface area contributed by atoms with Crippen LogP contribution in [0.4, 0.5) is 5.69 Å². The zero-order chi connectivity index (χ0) is 19.6. The van der Waals surface area contributed by atoms with E-state index in [4.69, 9.17) is 12.2 Å². The molecule has 27 heavy (non-hydrogen) atoms. The lowest BCUT2D eigenvalue weighted by Crippen LogP contribution is -2.27. The summed E-state index contributed by atoms with van der Waals surface area (Å²) in [5, 5.41) is 0. The highest BCUT2D eigenvalue weighted by molar-refractivity contribution is 8.27. The van der Waals surface area contributed by atoms with Gasteiger partial charge in [0.1, 0.15) is 0 Å². The van der Waals surface area contributed by atoms with Crippen molar-refractivity contribution >= 4 is 45.5 Å². The number of unbranched alkanes of at least 4 members (excludes halogenated alkanes) is 1. The van der Waals surface area contributed by atoms with Gasteiger partial charge in [-0.15, -0.1) is 0 Å². The van der Waals surface area contributed by atoms with Crippen molar-refractivity contribution in [2.75, 3.05) is 4.90 Å². The fourth-order valence-corrected chi connectivity index (χ4v) is 4.46. The number of amides is 1. The first kappa shape index (κ1) is 19.8. The van der Waals surface area contributed by atoms with Crippen LogP contribution >= 0.6 is 24.0 Å². The zero-order valence-corrected chi connectivity index (χ0v) is 18.0. The number of rotatable bonds is 5. The lowest BCUT2D eigenvalue weighted by Gasteiger charge is -2.15. The normalized spacial score (nSPS) is 16.2. The third kappa shape index (κ3) is 4.17. The van der Waals surface area contributed by atoms with Crippen LogP contribution in [0.5, 0.6) is 0 Å². The maximum Gasteiger partial charge on any atom is 0.271 e. The lowest BCUT2D eigenvalue weighted by molar-refractivity contribution is -0.113. The Labute approximate surface area is 171 Å². The molecule has 1 saturated heterocycles. The standard InChI is InChI=1S/C23H25NOS2/c1-5-6-7-18-9-12-20(13-10-18)24-22(25)21(27-23(24)26)17(4)19-11-8-15(2)16(3)14-19/h8-14H,5-7H2,1-4H3/b21-17-. The maximum absolute atomic E-state index is 13.1. The Morgan fingerprint density at radius 1 is 1.07 bits per heavy atom. The number of allylic oxidation sites excluding steroid dienone is 1. The largest absolute Gasteiger partial charge is 0.271 e. The summed E-state index contributed by atoms with van der Waals surface area (Å²) in [6.07, 6.45) is 3.43. The van der Waals surface area contributed by atoms with Gasteiger partial charge in [0.05, 0.1) is 10.6 Å². The predicted molar refractivity (Wildman–Crippen MR) is 121 cm³/mol. The van der Waals surface area contributed by atoms with Crippen molar-refractivity contribution in [1.82, 2.24) is 0 Å². The molecule has 0 bridgehead atoms. The molecule has 0 aromatic heterocycles. The summed E-state index contributed by atoms with van der Waals surface area (Å²) in [6.45, 7) is 8.39. The summed E-state index contributed by atoms with van der Waals surface area (Å²) in [4.78, 5) is 15.5. The van der Waals surface area contributed by atoms with Gasteiger partial charge in [-0.3, -0.25) is 9.69 Å². The summed E-state index contributed by atoms with van der Waals surface area (Å²) < 4.78 is 0.597. The SMILES string of the molecule is CCCCc1ccc(N2C(=O)/C(=C(\C)c3ccc(C)c(C)c3)SC2=S)cc1. The second kappa shape index (κ2) is 8.41. The molecule has 0 saturated carbocycles. The Bertz CT molecular complexity index is 912. The van der Waals surface area contributed by atoms with Gasteiger partial charge in [-0.25, -0.2) is 0 Å².